The highest BCUT2D eigenvalue weighted by atomic mass is 32.2. The number of sulfonamides is 1. The Balaban J connectivity index is 1.81. The molecule has 0 fully saturated rings. The maximum absolute atomic E-state index is 12.5. The van der Waals surface area contributed by atoms with Crippen LogP contribution in [0.5, 0.6) is 11.6 Å². The number of anilines is 1. The fraction of sp³-hybridized carbons (Fsp3) is 0.182. The van der Waals surface area contributed by atoms with Gasteiger partial charge in [-0.15, -0.1) is 0 Å². The molecule has 1 heterocycles. The Bertz CT molecular complexity index is 1120. The standard InChI is InChI=1S/C22H23N3O4S/c1-3-16(2)24-21(26)20-13-8-14-23-22(20)29-18-10-7-9-17(15-18)25-30(27,28)19-11-5-4-6-12-19/h4-16,25H,3H2,1-2H3,(H,24,26). The summed E-state index contributed by atoms with van der Waals surface area (Å²) in [6.07, 6.45) is 2.32. The Morgan fingerprint density at radius 1 is 1.07 bits per heavy atom. The minimum Gasteiger partial charge on any atom is -0.438 e. The van der Waals surface area contributed by atoms with E-state index >= 15 is 0 Å². The monoisotopic (exact) mass is 425 g/mol. The molecule has 0 radical (unpaired) electrons. The largest absolute Gasteiger partial charge is 0.438 e. The molecule has 2 N–H and O–H groups in total. The Labute approximate surface area is 176 Å². The summed E-state index contributed by atoms with van der Waals surface area (Å²) in [6, 6.07) is 17.8. The number of hydrogen-bond donors (Lipinski definition) is 2. The van der Waals surface area contributed by atoms with Crippen molar-refractivity contribution in [3.8, 4) is 11.6 Å². The van der Waals surface area contributed by atoms with Crippen LogP contribution in [0.2, 0.25) is 0 Å². The normalized spacial score (nSPS) is 12.1. The van der Waals surface area contributed by atoms with Crippen LogP contribution in [-0.2, 0) is 10.0 Å². The van der Waals surface area contributed by atoms with Gasteiger partial charge < -0.3 is 10.1 Å². The van der Waals surface area contributed by atoms with Crippen LogP contribution < -0.4 is 14.8 Å². The highest BCUT2D eigenvalue weighted by molar-refractivity contribution is 7.92. The van der Waals surface area contributed by atoms with Crippen molar-refractivity contribution in [3.63, 3.8) is 0 Å². The van der Waals surface area contributed by atoms with Gasteiger partial charge in [-0.3, -0.25) is 9.52 Å². The number of carbonyl (C=O) groups is 1. The number of rotatable bonds is 8. The molecule has 30 heavy (non-hydrogen) atoms. The molecule has 0 saturated heterocycles. The molecule has 3 rings (SSSR count). The van der Waals surface area contributed by atoms with Gasteiger partial charge in [0.2, 0.25) is 5.88 Å². The van der Waals surface area contributed by atoms with E-state index in [2.05, 4.69) is 15.0 Å². The quantitative estimate of drug-likeness (QED) is 0.564. The van der Waals surface area contributed by atoms with Crippen molar-refractivity contribution in [1.29, 1.82) is 0 Å². The first kappa shape index (κ1) is 21.3. The van der Waals surface area contributed by atoms with Crippen LogP contribution in [0.15, 0.2) is 77.8 Å². The van der Waals surface area contributed by atoms with E-state index in [0.717, 1.165) is 6.42 Å². The van der Waals surface area contributed by atoms with E-state index < -0.39 is 10.0 Å². The average Bonchev–Trinajstić information content (AvgIpc) is 2.74. The minimum absolute atomic E-state index is 0.0151. The molecular formula is C22H23N3O4S. The van der Waals surface area contributed by atoms with Crippen LogP contribution in [0.3, 0.4) is 0 Å². The van der Waals surface area contributed by atoms with E-state index in [0.29, 0.717) is 17.0 Å². The lowest BCUT2D eigenvalue weighted by molar-refractivity contribution is 0.0936. The van der Waals surface area contributed by atoms with Gasteiger partial charge in [-0.2, -0.15) is 0 Å². The first-order valence-electron chi connectivity index (χ1n) is 9.50. The van der Waals surface area contributed by atoms with Crippen LogP contribution in [0, 0.1) is 0 Å². The van der Waals surface area contributed by atoms with E-state index in [1.54, 1.807) is 48.5 Å². The molecule has 0 saturated carbocycles. The number of nitrogens with one attached hydrogen (secondary N) is 2. The van der Waals surface area contributed by atoms with Crippen LogP contribution in [0.25, 0.3) is 0 Å². The first-order valence-corrected chi connectivity index (χ1v) is 11.0. The van der Waals surface area contributed by atoms with Crippen molar-refractivity contribution in [1.82, 2.24) is 10.3 Å². The lowest BCUT2D eigenvalue weighted by Crippen LogP contribution is -2.32. The number of amides is 1. The average molecular weight is 426 g/mol. The Kier molecular flexibility index (Phi) is 6.68. The molecule has 3 aromatic rings. The Morgan fingerprint density at radius 2 is 1.83 bits per heavy atom. The molecule has 8 heteroatoms. The second-order valence-electron chi connectivity index (χ2n) is 6.69. The Morgan fingerprint density at radius 3 is 2.57 bits per heavy atom. The first-order chi connectivity index (χ1) is 14.4. The highest BCUT2D eigenvalue weighted by Gasteiger charge is 2.17. The van der Waals surface area contributed by atoms with E-state index in [-0.39, 0.29) is 22.7 Å². The van der Waals surface area contributed by atoms with E-state index in [1.807, 2.05) is 13.8 Å². The fourth-order valence-corrected chi connectivity index (χ4v) is 3.67. The minimum atomic E-state index is -3.73. The molecule has 0 bridgehead atoms. The topological polar surface area (TPSA) is 97.4 Å². The van der Waals surface area contributed by atoms with Crippen molar-refractivity contribution < 1.29 is 17.9 Å². The zero-order valence-corrected chi connectivity index (χ0v) is 17.5. The molecule has 0 aliphatic rings. The summed E-state index contributed by atoms with van der Waals surface area (Å²) in [4.78, 5) is 16.8. The second kappa shape index (κ2) is 9.41. The molecule has 1 atom stereocenters. The molecule has 7 nitrogen and oxygen atoms in total. The van der Waals surface area contributed by atoms with E-state index in [1.165, 1.54) is 24.4 Å². The molecule has 1 aromatic heterocycles. The van der Waals surface area contributed by atoms with Gasteiger partial charge in [-0.05, 0) is 49.7 Å². The van der Waals surface area contributed by atoms with Crippen LogP contribution in [0.1, 0.15) is 30.6 Å². The molecule has 156 valence electrons. The second-order valence-corrected chi connectivity index (χ2v) is 8.37. The number of hydrogen-bond acceptors (Lipinski definition) is 5. The summed E-state index contributed by atoms with van der Waals surface area (Å²) in [5.41, 5.74) is 0.631. The van der Waals surface area contributed by atoms with E-state index in [9.17, 15) is 13.2 Å². The van der Waals surface area contributed by atoms with Crippen molar-refractivity contribution in [2.45, 2.75) is 31.2 Å². The fourth-order valence-electron chi connectivity index (χ4n) is 2.60. The lowest BCUT2D eigenvalue weighted by Gasteiger charge is -2.14. The number of aromatic nitrogens is 1. The predicted molar refractivity (Wildman–Crippen MR) is 115 cm³/mol. The number of pyridine rings is 1. The zero-order valence-electron chi connectivity index (χ0n) is 16.7. The van der Waals surface area contributed by atoms with Crippen molar-refractivity contribution >= 4 is 21.6 Å². The summed E-state index contributed by atoms with van der Waals surface area (Å²) in [5.74, 6) is 0.203. The molecule has 0 aliphatic heterocycles. The smallest absolute Gasteiger partial charge is 0.261 e. The number of benzene rings is 2. The van der Waals surface area contributed by atoms with Gasteiger partial charge in [0.05, 0.1) is 10.6 Å². The van der Waals surface area contributed by atoms with Gasteiger partial charge in [-0.25, -0.2) is 13.4 Å². The van der Waals surface area contributed by atoms with Crippen LogP contribution in [-0.4, -0.2) is 25.4 Å². The van der Waals surface area contributed by atoms with Crippen molar-refractivity contribution in [3.05, 3.63) is 78.5 Å². The SMILES string of the molecule is CCC(C)NC(=O)c1cccnc1Oc1cccc(NS(=O)(=O)c2ccccc2)c1. The van der Waals surface area contributed by atoms with Gasteiger partial charge in [0.1, 0.15) is 11.3 Å². The summed E-state index contributed by atoms with van der Waals surface area (Å²) in [5, 5.41) is 2.88. The third-order valence-electron chi connectivity index (χ3n) is 4.36. The summed E-state index contributed by atoms with van der Waals surface area (Å²) < 4.78 is 33.4. The number of carbonyl (C=O) groups excluding carboxylic acids is 1. The molecule has 1 amide bonds. The summed E-state index contributed by atoms with van der Waals surface area (Å²) >= 11 is 0. The van der Waals surface area contributed by atoms with Crippen molar-refractivity contribution in [2.75, 3.05) is 4.72 Å². The maximum Gasteiger partial charge on any atom is 0.261 e. The molecule has 1 unspecified atom stereocenters. The lowest BCUT2D eigenvalue weighted by atomic mass is 10.2. The number of ether oxygens (including phenoxy) is 1. The van der Waals surface area contributed by atoms with Crippen LogP contribution >= 0.6 is 0 Å². The van der Waals surface area contributed by atoms with Gasteiger partial charge >= 0.3 is 0 Å². The molecule has 2 aromatic carbocycles. The molecule has 0 aliphatic carbocycles. The predicted octanol–water partition coefficient (Wildman–Crippen LogP) is 4.20. The third kappa shape index (κ3) is 5.36. The van der Waals surface area contributed by atoms with Gasteiger partial charge in [-0.1, -0.05) is 31.2 Å². The third-order valence-corrected chi connectivity index (χ3v) is 5.76. The Hall–Kier alpha value is -3.39. The number of nitrogens with zero attached hydrogens (tertiary/aromatic N) is 1. The molecular weight excluding hydrogens is 402 g/mol. The van der Waals surface area contributed by atoms with E-state index in [4.69, 9.17) is 4.74 Å². The highest BCUT2D eigenvalue weighted by Crippen LogP contribution is 2.26. The van der Waals surface area contributed by atoms with Crippen LogP contribution in [0.4, 0.5) is 5.69 Å². The van der Waals surface area contributed by atoms with Crippen molar-refractivity contribution in [2.24, 2.45) is 0 Å². The molecule has 0 spiro atoms. The zero-order chi connectivity index (χ0) is 21.6. The summed E-state index contributed by atoms with van der Waals surface area (Å²) in [7, 11) is -3.73. The maximum atomic E-state index is 12.5. The van der Waals surface area contributed by atoms with Gasteiger partial charge in [0.15, 0.2) is 0 Å². The van der Waals surface area contributed by atoms with Gasteiger partial charge in [0.25, 0.3) is 15.9 Å². The summed E-state index contributed by atoms with van der Waals surface area (Å²) in [6.45, 7) is 3.89. The van der Waals surface area contributed by atoms with Gasteiger partial charge in [0, 0.05) is 18.3 Å².